The van der Waals surface area contributed by atoms with Crippen LogP contribution in [0.2, 0.25) is 0 Å². The molecule has 0 aliphatic rings. The van der Waals surface area contributed by atoms with Crippen LogP contribution in [0.1, 0.15) is 0 Å². The molecule has 7 nitrogen and oxygen atoms in total. The van der Waals surface area contributed by atoms with Crippen LogP contribution in [0.25, 0.3) is 0 Å². The third-order valence-corrected chi connectivity index (χ3v) is 3.82. The molecule has 0 saturated carbocycles. The molecule has 0 unspecified atom stereocenters. The Kier molecular flexibility index (Phi) is 4.35. The smallest absolute Gasteiger partial charge is 0.317 e. The summed E-state index contributed by atoms with van der Waals surface area (Å²) in [5.41, 5.74) is 0. The van der Waals surface area contributed by atoms with Crippen LogP contribution < -0.4 is 0 Å². The number of nitrogens with zero attached hydrogens (tertiary/aromatic N) is 1. The molecular weight excluding hydrogens is 220 g/mol. The van der Waals surface area contributed by atoms with Crippen molar-refractivity contribution in [2.24, 2.45) is 4.99 Å². The molecular formula is C4H10NO6P2+. The molecule has 9 heteroatoms. The van der Waals surface area contributed by atoms with E-state index in [0.29, 0.717) is 0 Å². The zero-order valence-electron chi connectivity index (χ0n) is 6.48. The quantitative estimate of drug-likeness (QED) is 0.250. The summed E-state index contributed by atoms with van der Waals surface area (Å²) in [6.07, 6.45) is 1.19. The van der Waals surface area contributed by atoms with Gasteiger partial charge in [0, 0.05) is 0 Å². The Balaban J connectivity index is 5.00. The standard InChI is InChI=1S/C4H9NO6P2/c1-2-3-5-4(12(6,7)8)13(9,10)11/h2,6-8H,1,3H2,(H-,9,10,11)/p+1. The summed E-state index contributed by atoms with van der Waals surface area (Å²) in [6, 6.07) is 0. The first-order valence-corrected chi connectivity index (χ1v) is 6.25. The van der Waals surface area contributed by atoms with E-state index in [4.69, 9.17) is 24.5 Å². The van der Waals surface area contributed by atoms with Crippen molar-refractivity contribution in [2.45, 2.75) is 0 Å². The monoisotopic (exact) mass is 230 g/mol. The van der Waals surface area contributed by atoms with E-state index in [-0.39, 0.29) is 6.54 Å². The Hall–Kier alpha value is -0.130. The van der Waals surface area contributed by atoms with Gasteiger partial charge in [0.1, 0.15) is 0 Å². The molecule has 0 aliphatic carbocycles. The first-order valence-electron chi connectivity index (χ1n) is 2.99. The molecule has 5 N–H and O–H groups in total. The molecule has 0 aliphatic heterocycles. The van der Waals surface area contributed by atoms with Gasteiger partial charge in [-0.2, -0.15) is 14.7 Å². The van der Waals surface area contributed by atoms with Gasteiger partial charge in [-0.3, -0.25) is 0 Å². The third kappa shape index (κ3) is 4.59. The summed E-state index contributed by atoms with van der Waals surface area (Å²) in [4.78, 5) is 46.0. The molecule has 0 saturated heterocycles. The van der Waals surface area contributed by atoms with Gasteiger partial charge in [-0.05, 0) is 0 Å². The Morgan fingerprint density at radius 2 is 1.92 bits per heavy atom. The van der Waals surface area contributed by atoms with Gasteiger partial charge in [0.15, 0.2) is 0 Å². The van der Waals surface area contributed by atoms with Crippen LogP contribution in [0.3, 0.4) is 0 Å². The maximum Gasteiger partial charge on any atom is 0.469 e. The maximum atomic E-state index is 10.6. The van der Waals surface area contributed by atoms with Gasteiger partial charge < -0.3 is 9.79 Å². The van der Waals surface area contributed by atoms with Gasteiger partial charge in [0.2, 0.25) is 0 Å². The van der Waals surface area contributed by atoms with Crippen molar-refractivity contribution in [2.75, 3.05) is 6.54 Å². The minimum Gasteiger partial charge on any atom is -0.317 e. The average molecular weight is 230 g/mol. The van der Waals surface area contributed by atoms with E-state index in [0.717, 1.165) is 0 Å². The highest BCUT2D eigenvalue weighted by Crippen LogP contribution is 2.60. The maximum absolute atomic E-state index is 10.6. The van der Waals surface area contributed by atoms with E-state index in [1.54, 1.807) is 0 Å². The summed E-state index contributed by atoms with van der Waals surface area (Å²) in [7, 11) is -9.66. The van der Waals surface area contributed by atoms with Crippen LogP contribution in [0.4, 0.5) is 0 Å². The van der Waals surface area contributed by atoms with Crippen LogP contribution in [-0.4, -0.2) is 36.2 Å². The highest BCUT2D eigenvalue weighted by atomic mass is 31.3. The van der Waals surface area contributed by atoms with E-state index in [1.165, 1.54) is 6.08 Å². The number of hydrogen-bond donors (Lipinski definition) is 5. The Morgan fingerprint density at radius 3 is 2.15 bits per heavy atom. The zero-order valence-corrected chi connectivity index (χ0v) is 8.27. The van der Waals surface area contributed by atoms with Gasteiger partial charge in [0.05, 0.1) is 6.54 Å². The highest BCUT2D eigenvalue weighted by molar-refractivity contribution is 8.00. The minimum atomic E-state index is -4.93. The van der Waals surface area contributed by atoms with E-state index in [9.17, 15) is 4.57 Å². The van der Waals surface area contributed by atoms with Crippen molar-refractivity contribution < 1.29 is 29.0 Å². The summed E-state index contributed by atoms with van der Waals surface area (Å²) in [6.45, 7) is 2.99. The highest BCUT2D eigenvalue weighted by Gasteiger charge is 2.51. The molecule has 0 aromatic carbocycles. The fourth-order valence-electron chi connectivity index (χ4n) is 0.508. The number of hydrogen-bond acceptors (Lipinski definition) is 5. The van der Waals surface area contributed by atoms with Crippen LogP contribution in [-0.2, 0) is 4.57 Å². The lowest BCUT2D eigenvalue weighted by atomic mass is 10.7. The number of aliphatic imine (C=N–C) groups is 1. The molecule has 0 heterocycles. The predicted octanol–water partition coefficient (Wildman–Crippen LogP) is -0.554. The fraction of sp³-hybridized carbons (Fsp3) is 0.250. The first-order chi connectivity index (χ1) is 5.69. The zero-order chi connectivity index (χ0) is 10.7. The molecule has 0 fully saturated rings. The van der Waals surface area contributed by atoms with Crippen LogP contribution >= 0.6 is 15.5 Å². The third-order valence-electron chi connectivity index (χ3n) is 0.891. The van der Waals surface area contributed by atoms with E-state index in [2.05, 4.69) is 11.6 Å². The largest absolute Gasteiger partial charge is 0.469 e. The Labute approximate surface area is 74.8 Å². The lowest BCUT2D eigenvalue weighted by Crippen LogP contribution is -2.06. The Bertz CT molecular complexity index is 262. The molecule has 0 radical (unpaired) electrons. The van der Waals surface area contributed by atoms with Gasteiger partial charge in [-0.25, -0.2) is 9.56 Å². The fourth-order valence-corrected chi connectivity index (χ4v) is 2.44. The molecule has 0 aromatic rings. The van der Waals surface area contributed by atoms with Crippen molar-refractivity contribution in [3.05, 3.63) is 12.7 Å². The molecule has 0 aromatic heterocycles. The van der Waals surface area contributed by atoms with E-state index >= 15 is 0 Å². The summed E-state index contributed by atoms with van der Waals surface area (Å²) >= 11 is 0. The van der Waals surface area contributed by atoms with Crippen molar-refractivity contribution >= 4 is 20.7 Å². The summed E-state index contributed by atoms with van der Waals surface area (Å²) in [5.74, 6) is 0. The van der Waals surface area contributed by atoms with Gasteiger partial charge in [-0.15, -0.1) is 6.58 Å². The SMILES string of the molecule is C=CCN=C(P(=O)(O)O)[P+](O)(O)O. The second-order valence-electron chi connectivity index (χ2n) is 2.04. The number of rotatable bonds is 4. The van der Waals surface area contributed by atoms with E-state index in [1.807, 2.05) is 0 Å². The van der Waals surface area contributed by atoms with Gasteiger partial charge in [-0.1, -0.05) is 6.08 Å². The molecule has 0 bridgehead atoms. The molecule has 0 spiro atoms. The van der Waals surface area contributed by atoms with Crippen LogP contribution in [0.5, 0.6) is 0 Å². The van der Waals surface area contributed by atoms with Crippen LogP contribution in [0.15, 0.2) is 17.6 Å². The summed E-state index contributed by atoms with van der Waals surface area (Å²) in [5, 5.41) is -1.29. The van der Waals surface area contributed by atoms with Crippen molar-refractivity contribution in [3.8, 4) is 0 Å². The molecule has 76 valence electrons. The molecule has 0 rings (SSSR count). The molecule has 0 amide bonds. The van der Waals surface area contributed by atoms with Crippen molar-refractivity contribution in [1.82, 2.24) is 0 Å². The summed E-state index contributed by atoms with van der Waals surface area (Å²) < 4.78 is 10.6. The first kappa shape index (κ1) is 12.9. The average Bonchev–Trinajstić information content (AvgIpc) is 1.81. The van der Waals surface area contributed by atoms with Gasteiger partial charge >= 0.3 is 20.7 Å². The minimum absolute atomic E-state index is 0.218. The normalized spacial score (nSPS) is 14.4. The lowest BCUT2D eigenvalue weighted by molar-refractivity contribution is 0.348. The van der Waals surface area contributed by atoms with Crippen molar-refractivity contribution in [1.29, 1.82) is 0 Å². The van der Waals surface area contributed by atoms with Gasteiger partial charge in [0.25, 0.3) is 0 Å². The second kappa shape index (κ2) is 4.39. The molecule has 13 heavy (non-hydrogen) atoms. The predicted molar refractivity (Wildman–Crippen MR) is 48.1 cm³/mol. The van der Waals surface area contributed by atoms with E-state index < -0.39 is 20.7 Å². The van der Waals surface area contributed by atoms with Crippen LogP contribution in [0, 0.1) is 0 Å². The topological polar surface area (TPSA) is 131 Å². The molecule has 0 atom stereocenters. The Morgan fingerprint density at radius 1 is 1.46 bits per heavy atom. The second-order valence-corrected chi connectivity index (χ2v) is 5.47. The lowest BCUT2D eigenvalue weighted by Gasteiger charge is -2.06. The van der Waals surface area contributed by atoms with Crippen molar-refractivity contribution in [3.63, 3.8) is 0 Å².